The van der Waals surface area contributed by atoms with Crippen molar-refractivity contribution in [1.29, 1.82) is 0 Å². The van der Waals surface area contributed by atoms with E-state index in [0.29, 0.717) is 11.1 Å². The third-order valence-electron chi connectivity index (χ3n) is 4.22. The van der Waals surface area contributed by atoms with E-state index in [9.17, 15) is 18.5 Å². The predicted molar refractivity (Wildman–Crippen MR) is 97.2 cm³/mol. The van der Waals surface area contributed by atoms with Gasteiger partial charge < -0.3 is 10.1 Å². The van der Waals surface area contributed by atoms with Gasteiger partial charge in [-0.15, -0.1) is 0 Å². The molecule has 1 aromatic carbocycles. The molecule has 1 heterocycles. The SMILES string of the molecule is CC(C)c1cc(C(C)C)c(S(=O)(=O)c2nc([N+](=O)[O-])n[nH]2)c(C(C)C)c1. The Morgan fingerprint density at radius 2 is 1.50 bits per heavy atom. The van der Waals surface area contributed by atoms with E-state index in [1.54, 1.807) is 0 Å². The number of sulfone groups is 1. The molecule has 0 fully saturated rings. The topological polar surface area (TPSA) is 119 Å². The number of nitrogens with zero attached hydrogens (tertiary/aromatic N) is 3. The molecule has 0 atom stereocenters. The number of nitrogens with one attached hydrogen (secondary N) is 1. The van der Waals surface area contributed by atoms with E-state index in [1.807, 2.05) is 39.8 Å². The molecule has 0 bridgehead atoms. The Morgan fingerprint density at radius 3 is 1.85 bits per heavy atom. The van der Waals surface area contributed by atoms with Gasteiger partial charge >= 0.3 is 11.1 Å². The Labute approximate surface area is 153 Å². The van der Waals surface area contributed by atoms with Gasteiger partial charge in [-0.3, -0.25) is 0 Å². The quantitative estimate of drug-likeness (QED) is 0.599. The molecule has 0 aliphatic heterocycles. The van der Waals surface area contributed by atoms with Gasteiger partial charge in [0.25, 0.3) is 9.84 Å². The maximum atomic E-state index is 13.2. The normalized spacial score (nSPS) is 12.3. The zero-order valence-electron chi connectivity index (χ0n) is 15.8. The first-order chi connectivity index (χ1) is 12.0. The molecule has 0 amide bonds. The van der Waals surface area contributed by atoms with Gasteiger partial charge in [-0.05, 0) is 44.4 Å². The molecule has 142 valence electrons. The number of hydrogen-bond acceptors (Lipinski definition) is 6. The molecule has 2 rings (SSSR count). The van der Waals surface area contributed by atoms with Gasteiger partial charge in [-0.1, -0.05) is 53.7 Å². The van der Waals surface area contributed by atoms with E-state index in [0.717, 1.165) is 5.56 Å². The third-order valence-corrected chi connectivity index (χ3v) is 5.92. The molecule has 26 heavy (non-hydrogen) atoms. The Kier molecular flexibility index (Phi) is 5.50. The zero-order valence-corrected chi connectivity index (χ0v) is 16.6. The highest BCUT2D eigenvalue weighted by Gasteiger charge is 2.34. The lowest BCUT2D eigenvalue weighted by Gasteiger charge is -2.21. The van der Waals surface area contributed by atoms with Gasteiger partial charge in [0, 0.05) is 5.10 Å². The molecule has 8 nitrogen and oxygen atoms in total. The summed E-state index contributed by atoms with van der Waals surface area (Å²) in [6.45, 7) is 11.8. The van der Waals surface area contributed by atoms with Crippen molar-refractivity contribution in [3.05, 3.63) is 38.9 Å². The molecule has 0 spiro atoms. The van der Waals surface area contributed by atoms with Crippen molar-refractivity contribution in [3.8, 4) is 0 Å². The van der Waals surface area contributed by atoms with Crippen LogP contribution in [-0.4, -0.2) is 28.5 Å². The molecule has 0 radical (unpaired) electrons. The van der Waals surface area contributed by atoms with Crippen molar-refractivity contribution >= 4 is 15.8 Å². The van der Waals surface area contributed by atoms with Crippen LogP contribution in [0.25, 0.3) is 0 Å². The Bertz CT molecular complexity index is 901. The summed E-state index contributed by atoms with van der Waals surface area (Å²) in [4.78, 5) is 13.7. The molecule has 0 saturated heterocycles. The molecule has 2 aromatic rings. The van der Waals surface area contributed by atoms with Crippen LogP contribution < -0.4 is 0 Å². The van der Waals surface area contributed by atoms with Crippen LogP contribution in [0, 0.1) is 10.1 Å². The standard InChI is InChI=1S/C17H24N4O4S/c1-9(2)12-7-13(10(3)4)15(14(8-12)11(5)6)26(24,25)17-18-16(19-20-17)21(22)23/h7-11H,1-6H3,(H,18,19,20). The fraction of sp³-hybridized carbons (Fsp3) is 0.529. The highest BCUT2D eigenvalue weighted by molar-refractivity contribution is 7.91. The number of aromatic nitrogens is 3. The van der Waals surface area contributed by atoms with E-state index in [1.165, 1.54) is 0 Å². The van der Waals surface area contributed by atoms with Crippen LogP contribution in [0.1, 0.15) is 76.0 Å². The molecule has 1 aromatic heterocycles. The van der Waals surface area contributed by atoms with E-state index < -0.39 is 25.9 Å². The molecule has 0 aliphatic rings. The van der Waals surface area contributed by atoms with Crippen molar-refractivity contribution < 1.29 is 13.3 Å². The average molecular weight is 380 g/mol. The summed E-state index contributed by atoms with van der Waals surface area (Å²) in [5, 5.41) is 15.9. The van der Waals surface area contributed by atoms with Gasteiger partial charge in [0.2, 0.25) is 0 Å². The molecular formula is C17H24N4O4S. The van der Waals surface area contributed by atoms with Crippen LogP contribution in [0.4, 0.5) is 5.95 Å². The van der Waals surface area contributed by atoms with Crippen molar-refractivity contribution in [2.45, 2.75) is 69.3 Å². The van der Waals surface area contributed by atoms with Gasteiger partial charge in [0.1, 0.15) is 0 Å². The van der Waals surface area contributed by atoms with Crippen LogP contribution in [0.3, 0.4) is 0 Å². The summed E-state index contributed by atoms with van der Waals surface area (Å²) in [5.41, 5.74) is 2.41. The maximum Gasteiger partial charge on any atom is 0.492 e. The van der Waals surface area contributed by atoms with Crippen molar-refractivity contribution in [3.63, 3.8) is 0 Å². The molecule has 0 saturated carbocycles. The molecule has 0 aliphatic carbocycles. The first kappa shape index (κ1) is 20.0. The molecule has 1 N–H and O–H groups in total. The number of aromatic amines is 1. The van der Waals surface area contributed by atoms with Crippen molar-refractivity contribution in [2.24, 2.45) is 0 Å². The second-order valence-corrected chi connectivity index (χ2v) is 9.00. The third kappa shape index (κ3) is 3.62. The fourth-order valence-electron chi connectivity index (χ4n) is 2.74. The van der Waals surface area contributed by atoms with Crippen molar-refractivity contribution in [1.82, 2.24) is 15.2 Å². The summed E-state index contributed by atoms with van der Waals surface area (Å²) in [6.07, 6.45) is 0. The van der Waals surface area contributed by atoms with Crippen LogP contribution in [0.15, 0.2) is 22.2 Å². The fourth-order valence-corrected chi connectivity index (χ4v) is 4.51. The minimum atomic E-state index is -4.08. The van der Waals surface area contributed by atoms with E-state index in [-0.39, 0.29) is 22.6 Å². The Balaban J connectivity index is 2.82. The van der Waals surface area contributed by atoms with Crippen molar-refractivity contribution in [2.75, 3.05) is 0 Å². The lowest BCUT2D eigenvalue weighted by atomic mass is 9.89. The smallest absolute Gasteiger partial charge is 0.390 e. The largest absolute Gasteiger partial charge is 0.492 e. The minimum Gasteiger partial charge on any atom is -0.390 e. The van der Waals surface area contributed by atoms with E-state index in [2.05, 4.69) is 29.0 Å². The van der Waals surface area contributed by atoms with E-state index >= 15 is 0 Å². The van der Waals surface area contributed by atoms with Gasteiger partial charge in [0.05, 0.1) is 4.90 Å². The van der Waals surface area contributed by atoms with Crippen LogP contribution in [0.5, 0.6) is 0 Å². The first-order valence-corrected chi connectivity index (χ1v) is 9.94. The first-order valence-electron chi connectivity index (χ1n) is 8.46. The average Bonchev–Trinajstić information content (AvgIpc) is 3.04. The van der Waals surface area contributed by atoms with Crippen LogP contribution >= 0.6 is 0 Å². The van der Waals surface area contributed by atoms with Gasteiger partial charge in [-0.25, -0.2) is 8.42 Å². The number of hydrogen-bond donors (Lipinski definition) is 1. The van der Waals surface area contributed by atoms with Gasteiger partial charge in [-0.2, -0.15) is 5.10 Å². The number of rotatable bonds is 6. The Hall–Kier alpha value is -2.29. The monoisotopic (exact) mass is 380 g/mol. The molecule has 0 unspecified atom stereocenters. The van der Waals surface area contributed by atoms with Crippen LogP contribution in [0.2, 0.25) is 0 Å². The highest BCUT2D eigenvalue weighted by Crippen LogP contribution is 2.37. The lowest BCUT2D eigenvalue weighted by Crippen LogP contribution is -2.14. The minimum absolute atomic E-state index is 0.0473. The highest BCUT2D eigenvalue weighted by atomic mass is 32.2. The summed E-state index contributed by atoms with van der Waals surface area (Å²) in [6, 6.07) is 3.80. The number of nitro groups is 1. The maximum absolute atomic E-state index is 13.2. The summed E-state index contributed by atoms with van der Waals surface area (Å²) >= 11 is 0. The summed E-state index contributed by atoms with van der Waals surface area (Å²) in [5.74, 6) is -0.615. The zero-order chi connectivity index (χ0) is 19.8. The number of H-pyrrole nitrogens is 1. The number of benzene rings is 1. The second-order valence-electron chi connectivity index (χ2n) is 7.19. The molecular weight excluding hydrogens is 356 g/mol. The Morgan fingerprint density at radius 1 is 1.00 bits per heavy atom. The summed E-state index contributed by atoms with van der Waals surface area (Å²) in [7, 11) is -4.08. The predicted octanol–water partition coefficient (Wildman–Crippen LogP) is 3.92. The van der Waals surface area contributed by atoms with Crippen LogP contribution in [-0.2, 0) is 9.84 Å². The summed E-state index contributed by atoms with van der Waals surface area (Å²) < 4.78 is 26.5. The van der Waals surface area contributed by atoms with Gasteiger partial charge in [0.15, 0.2) is 0 Å². The second kappa shape index (κ2) is 7.14. The lowest BCUT2D eigenvalue weighted by molar-refractivity contribution is -0.394. The molecule has 9 heteroatoms. The van der Waals surface area contributed by atoms with E-state index in [4.69, 9.17) is 0 Å².